The van der Waals surface area contributed by atoms with E-state index in [4.69, 9.17) is 0 Å². The molecule has 2 aromatic heterocycles. The van der Waals surface area contributed by atoms with Crippen molar-refractivity contribution < 1.29 is 0 Å². The third-order valence-electron chi connectivity index (χ3n) is 2.06. The second-order valence-electron chi connectivity index (χ2n) is 2.81. The van der Waals surface area contributed by atoms with E-state index >= 15 is 0 Å². The van der Waals surface area contributed by atoms with Crippen LogP contribution in [0.1, 0.15) is 18.2 Å². The van der Waals surface area contributed by atoms with Gasteiger partial charge in [-0.15, -0.1) is 0 Å². The molecule has 2 rings (SSSR count). The van der Waals surface area contributed by atoms with Gasteiger partial charge in [0.25, 0.3) is 0 Å². The van der Waals surface area contributed by atoms with Gasteiger partial charge in [0.2, 0.25) is 0 Å². The van der Waals surface area contributed by atoms with Gasteiger partial charge in [-0.2, -0.15) is 5.10 Å². The number of hydrogen-bond donors (Lipinski definition) is 0. The molecule has 0 spiro atoms. The van der Waals surface area contributed by atoms with Crippen LogP contribution in [0.3, 0.4) is 0 Å². The molecule has 0 saturated heterocycles. The molecule has 0 aromatic carbocycles. The third-order valence-corrected chi connectivity index (χ3v) is 2.06. The lowest BCUT2D eigenvalue weighted by Crippen LogP contribution is -1.85. The average molecular weight is 159 g/mol. The van der Waals surface area contributed by atoms with Crippen LogP contribution in [0.25, 0.3) is 5.52 Å². The van der Waals surface area contributed by atoms with Crippen LogP contribution in [-0.4, -0.2) is 9.61 Å². The maximum absolute atomic E-state index is 4.38. The SMILES string of the molecule is [CH2]c1c(CC)nn2ccccc12. The fourth-order valence-corrected chi connectivity index (χ4v) is 1.38. The Morgan fingerprint density at radius 1 is 1.50 bits per heavy atom. The van der Waals surface area contributed by atoms with Crippen LogP contribution < -0.4 is 0 Å². The molecule has 1 radical (unpaired) electrons. The molecule has 2 nitrogen and oxygen atoms in total. The number of fused-ring (bicyclic) bond motifs is 1. The highest BCUT2D eigenvalue weighted by Crippen LogP contribution is 2.13. The molecule has 0 unspecified atom stereocenters. The summed E-state index contributed by atoms with van der Waals surface area (Å²) in [4.78, 5) is 0. The number of hydrogen-bond acceptors (Lipinski definition) is 1. The van der Waals surface area contributed by atoms with Crippen LogP contribution in [0.15, 0.2) is 24.4 Å². The van der Waals surface area contributed by atoms with E-state index in [0.29, 0.717) is 0 Å². The van der Waals surface area contributed by atoms with Crippen molar-refractivity contribution in [2.45, 2.75) is 13.3 Å². The van der Waals surface area contributed by atoms with Crippen molar-refractivity contribution >= 4 is 5.52 Å². The van der Waals surface area contributed by atoms with E-state index < -0.39 is 0 Å². The molecule has 0 fully saturated rings. The van der Waals surface area contributed by atoms with E-state index in [1.807, 2.05) is 28.9 Å². The van der Waals surface area contributed by atoms with Crippen LogP contribution in [-0.2, 0) is 6.42 Å². The van der Waals surface area contributed by atoms with Crippen molar-refractivity contribution in [3.8, 4) is 0 Å². The minimum absolute atomic E-state index is 0.945. The molecule has 0 bridgehead atoms. The molecular formula is C10H11N2. The van der Waals surface area contributed by atoms with Gasteiger partial charge in [-0.3, -0.25) is 0 Å². The van der Waals surface area contributed by atoms with Gasteiger partial charge < -0.3 is 0 Å². The highest BCUT2D eigenvalue weighted by molar-refractivity contribution is 5.57. The summed E-state index contributed by atoms with van der Waals surface area (Å²) in [7, 11) is 0. The molecule has 2 heteroatoms. The summed E-state index contributed by atoms with van der Waals surface area (Å²) in [6.07, 6.45) is 2.89. The van der Waals surface area contributed by atoms with Gasteiger partial charge in [-0.25, -0.2) is 4.52 Å². The van der Waals surface area contributed by atoms with Crippen LogP contribution in [0.4, 0.5) is 0 Å². The molecule has 2 aromatic rings. The topological polar surface area (TPSA) is 17.3 Å². The van der Waals surface area contributed by atoms with Crippen molar-refractivity contribution in [1.29, 1.82) is 0 Å². The molecule has 0 amide bonds. The van der Waals surface area contributed by atoms with Crippen molar-refractivity contribution in [2.75, 3.05) is 0 Å². The lowest BCUT2D eigenvalue weighted by Gasteiger charge is -1.89. The summed E-state index contributed by atoms with van der Waals surface area (Å²) in [6, 6.07) is 6.01. The summed E-state index contributed by atoms with van der Waals surface area (Å²) < 4.78 is 1.88. The number of pyridine rings is 1. The Labute approximate surface area is 71.8 Å². The Balaban J connectivity index is 2.78. The Morgan fingerprint density at radius 2 is 2.33 bits per heavy atom. The minimum atomic E-state index is 0.945. The molecule has 0 aliphatic carbocycles. The zero-order valence-corrected chi connectivity index (χ0v) is 7.12. The summed E-state index contributed by atoms with van der Waals surface area (Å²) in [5.41, 5.74) is 3.24. The Morgan fingerprint density at radius 3 is 3.00 bits per heavy atom. The lowest BCUT2D eigenvalue weighted by atomic mass is 10.2. The molecule has 2 heterocycles. The first-order chi connectivity index (χ1) is 5.83. The van der Waals surface area contributed by atoms with E-state index in [2.05, 4.69) is 18.9 Å². The quantitative estimate of drug-likeness (QED) is 0.622. The van der Waals surface area contributed by atoms with Gasteiger partial charge in [-0.05, 0) is 25.5 Å². The van der Waals surface area contributed by atoms with Crippen LogP contribution >= 0.6 is 0 Å². The standard InChI is InChI=1S/C10H11N2/c1-3-9-8(2)10-6-4-5-7-12(10)11-9/h4-7H,2-3H2,1H3. The maximum Gasteiger partial charge on any atom is 0.0696 e. The molecule has 0 aliphatic heterocycles. The Kier molecular flexibility index (Phi) is 1.61. The minimum Gasteiger partial charge on any atom is -0.240 e. The molecule has 0 N–H and O–H groups in total. The smallest absolute Gasteiger partial charge is 0.0696 e. The van der Waals surface area contributed by atoms with Gasteiger partial charge >= 0.3 is 0 Å². The van der Waals surface area contributed by atoms with E-state index in [-0.39, 0.29) is 0 Å². The summed E-state index contributed by atoms with van der Waals surface area (Å²) >= 11 is 0. The molecule has 12 heavy (non-hydrogen) atoms. The fourth-order valence-electron chi connectivity index (χ4n) is 1.38. The van der Waals surface area contributed by atoms with Crippen molar-refractivity contribution in [3.05, 3.63) is 42.6 Å². The average Bonchev–Trinajstić information content (AvgIpc) is 2.44. The molecule has 0 aliphatic rings. The molecule has 0 saturated carbocycles. The van der Waals surface area contributed by atoms with Crippen LogP contribution in [0.5, 0.6) is 0 Å². The van der Waals surface area contributed by atoms with E-state index in [1.54, 1.807) is 0 Å². The first kappa shape index (κ1) is 7.35. The zero-order chi connectivity index (χ0) is 8.55. The normalized spacial score (nSPS) is 10.8. The summed E-state index contributed by atoms with van der Waals surface area (Å²) in [5.74, 6) is 0. The fraction of sp³-hybridized carbons (Fsp3) is 0.200. The van der Waals surface area contributed by atoms with Crippen LogP contribution in [0, 0.1) is 6.92 Å². The predicted octanol–water partition coefficient (Wildman–Crippen LogP) is 2.08. The number of aromatic nitrogens is 2. The largest absolute Gasteiger partial charge is 0.240 e. The van der Waals surface area contributed by atoms with E-state index in [9.17, 15) is 0 Å². The highest BCUT2D eigenvalue weighted by Gasteiger charge is 2.04. The Hall–Kier alpha value is -1.31. The van der Waals surface area contributed by atoms with Gasteiger partial charge in [0, 0.05) is 11.8 Å². The monoisotopic (exact) mass is 159 g/mol. The molecular weight excluding hydrogens is 148 g/mol. The third kappa shape index (κ3) is 0.916. The molecule has 61 valence electrons. The first-order valence-corrected chi connectivity index (χ1v) is 4.11. The van der Waals surface area contributed by atoms with Crippen molar-refractivity contribution in [2.24, 2.45) is 0 Å². The second-order valence-corrected chi connectivity index (χ2v) is 2.81. The predicted molar refractivity (Wildman–Crippen MR) is 49.0 cm³/mol. The number of aryl methyl sites for hydroxylation is 1. The van der Waals surface area contributed by atoms with E-state index in [1.165, 1.54) is 0 Å². The van der Waals surface area contributed by atoms with Gasteiger partial charge in [0.1, 0.15) is 0 Å². The Bertz CT molecular complexity index is 401. The maximum atomic E-state index is 4.38. The summed E-state index contributed by atoms with van der Waals surface area (Å²) in [6.45, 7) is 6.09. The molecule has 0 atom stereocenters. The summed E-state index contributed by atoms with van der Waals surface area (Å²) in [5, 5.41) is 4.38. The van der Waals surface area contributed by atoms with Crippen molar-refractivity contribution in [3.63, 3.8) is 0 Å². The number of rotatable bonds is 1. The van der Waals surface area contributed by atoms with Gasteiger partial charge in [-0.1, -0.05) is 13.0 Å². The zero-order valence-electron chi connectivity index (χ0n) is 7.12. The van der Waals surface area contributed by atoms with Gasteiger partial charge in [0.15, 0.2) is 0 Å². The first-order valence-electron chi connectivity index (χ1n) is 4.11. The van der Waals surface area contributed by atoms with E-state index in [0.717, 1.165) is 23.2 Å². The highest BCUT2D eigenvalue weighted by atomic mass is 15.2. The van der Waals surface area contributed by atoms with Crippen LogP contribution in [0.2, 0.25) is 0 Å². The van der Waals surface area contributed by atoms with Gasteiger partial charge in [0.05, 0.1) is 11.2 Å². The second kappa shape index (κ2) is 2.63. The number of nitrogens with zero attached hydrogens (tertiary/aromatic N) is 2. The lowest BCUT2D eigenvalue weighted by molar-refractivity contribution is 0.897. The van der Waals surface area contributed by atoms with Crippen molar-refractivity contribution in [1.82, 2.24) is 9.61 Å².